The molecule has 0 aromatic carbocycles. The summed E-state index contributed by atoms with van der Waals surface area (Å²) in [4.78, 5) is 30.3. The fourth-order valence-electron chi connectivity index (χ4n) is 2.86. The van der Waals surface area contributed by atoms with Gasteiger partial charge in [0.2, 0.25) is 5.91 Å². The molecule has 0 unspecified atom stereocenters. The number of aryl methyl sites for hydroxylation is 1. The van der Waals surface area contributed by atoms with E-state index >= 15 is 0 Å². The highest BCUT2D eigenvalue weighted by Gasteiger charge is 2.39. The molecule has 7 heteroatoms. The zero-order chi connectivity index (χ0) is 16.6. The first kappa shape index (κ1) is 15.5. The number of primary amides is 1. The van der Waals surface area contributed by atoms with E-state index in [1.807, 2.05) is 35.7 Å². The monoisotopic (exact) mass is 316 g/mol. The van der Waals surface area contributed by atoms with E-state index in [9.17, 15) is 9.59 Å². The quantitative estimate of drug-likeness (QED) is 0.881. The third-order valence-corrected chi connectivity index (χ3v) is 4.30. The van der Waals surface area contributed by atoms with E-state index in [1.165, 1.54) is 0 Å². The summed E-state index contributed by atoms with van der Waals surface area (Å²) in [6, 6.07) is 5.72. The number of ether oxygens (including phenoxy) is 1. The molecule has 23 heavy (non-hydrogen) atoms. The Labute approximate surface area is 134 Å². The van der Waals surface area contributed by atoms with Gasteiger partial charge in [-0.1, -0.05) is 6.07 Å². The Hall–Kier alpha value is -2.41. The summed E-state index contributed by atoms with van der Waals surface area (Å²) in [7, 11) is 0. The van der Waals surface area contributed by atoms with Gasteiger partial charge >= 0.3 is 0 Å². The molecule has 0 bridgehead atoms. The topological polar surface area (TPSA) is 89.9 Å². The van der Waals surface area contributed by atoms with E-state index in [0.29, 0.717) is 13.2 Å². The zero-order valence-electron chi connectivity index (χ0n) is 13.3. The van der Waals surface area contributed by atoms with Crippen molar-refractivity contribution in [1.29, 1.82) is 0 Å². The number of amides is 2. The first-order valence-corrected chi connectivity index (χ1v) is 7.55. The summed E-state index contributed by atoms with van der Waals surface area (Å²) < 4.78 is 7.37. The molecule has 1 aliphatic heterocycles. The fourth-order valence-corrected chi connectivity index (χ4v) is 2.86. The predicted molar refractivity (Wildman–Crippen MR) is 83.8 cm³/mol. The number of morpholine rings is 1. The van der Waals surface area contributed by atoms with Crippen LogP contribution in [0, 0.1) is 6.92 Å². The molecule has 2 amide bonds. The summed E-state index contributed by atoms with van der Waals surface area (Å²) in [5.74, 6) is -0.615. The second-order valence-electron chi connectivity index (χ2n) is 6.01. The SMILES string of the molecule is Cc1nc2ccccn2c1CC(=O)N1CCO[C@@](C)(C(N)=O)C1. The average molecular weight is 316 g/mol. The molecule has 7 nitrogen and oxygen atoms in total. The van der Waals surface area contributed by atoms with Gasteiger partial charge in [0, 0.05) is 12.7 Å². The van der Waals surface area contributed by atoms with Crippen LogP contribution in [-0.2, 0) is 20.7 Å². The second-order valence-corrected chi connectivity index (χ2v) is 6.01. The smallest absolute Gasteiger partial charge is 0.251 e. The van der Waals surface area contributed by atoms with Crippen molar-refractivity contribution < 1.29 is 14.3 Å². The molecule has 0 spiro atoms. The predicted octanol–water partition coefficient (Wildman–Crippen LogP) is 0.288. The van der Waals surface area contributed by atoms with Crippen LogP contribution in [0.5, 0.6) is 0 Å². The van der Waals surface area contributed by atoms with Crippen molar-refractivity contribution >= 4 is 17.5 Å². The van der Waals surface area contributed by atoms with E-state index in [-0.39, 0.29) is 18.9 Å². The van der Waals surface area contributed by atoms with Crippen LogP contribution < -0.4 is 5.73 Å². The molecule has 1 saturated heterocycles. The molecule has 122 valence electrons. The first-order valence-electron chi connectivity index (χ1n) is 7.55. The number of carbonyl (C=O) groups is 2. The van der Waals surface area contributed by atoms with Crippen molar-refractivity contribution in [3.8, 4) is 0 Å². The van der Waals surface area contributed by atoms with Gasteiger partial charge in [0.15, 0.2) is 5.60 Å². The highest BCUT2D eigenvalue weighted by Crippen LogP contribution is 2.19. The summed E-state index contributed by atoms with van der Waals surface area (Å²) in [5.41, 5.74) is 6.76. The summed E-state index contributed by atoms with van der Waals surface area (Å²) in [5, 5.41) is 0. The highest BCUT2D eigenvalue weighted by atomic mass is 16.5. The number of nitrogens with zero attached hydrogens (tertiary/aromatic N) is 3. The van der Waals surface area contributed by atoms with Crippen LogP contribution in [0.2, 0.25) is 0 Å². The van der Waals surface area contributed by atoms with E-state index in [4.69, 9.17) is 10.5 Å². The molecule has 1 fully saturated rings. The lowest BCUT2D eigenvalue weighted by molar-refractivity contribution is -0.160. The van der Waals surface area contributed by atoms with Crippen LogP contribution in [0.25, 0.3) is 5.65 Å². The normalized spacial score (nSPS) is 21.6. The summed E-state index contributed by atoms with van der Waals surface area (Å²) in [6.45, 7) is 4.45. The lowest BCUT2D eigenvalue weighted by atomic mass is 10.0. The Balaban J connectivity index is 1.81. The number of hydrogen-bond acceptors (Lipinski definition) is 4. The Kier molecular flexibility index (Phi) is 3.81. The van der Waals surface area contributed by atoms with Crippen LogP contribution in [0.15, 0.2) is 24.4 Å². The van der Waals surface area contributed by atoms with Crippen LogP contribution in [0.1, 0.15) is 18.3 Å². The van der Waals surface area contributed by atoms with E-state index in [2.05, 4.69) is 4.98 Å². The van der Waals surface area contributed by atoms with Crippen molar-refractivity contribution in [3.63, 3.8) is 0 Å². The van der Waals surface area contributed by atoms with Gasteiger partial charge in [-0.25, -0.2) is 4.98 Å². The number of aromatic nitrogens is 2. The van der Waals surface area contributed by atoms with Gasteiger partial charge in [-0.2, -0.15) is 0 Å². The maximum absolute atomic E-state index is 12.6. The Morgan fingerprint density at radius 2 is 2.22 bits per heavy atom. The molecule has 0 radical (unpaired) electrons. The molecule has 3 rings (SSSR count). The Morgan fingerprint density at radius 1 is 1.43 bits per heavy atom. The number of imidazole rings is 1. The molecule has 2 N–H and O–H groups in total. The number of carbonyl (C=O) groups excluding carboxylic acids is 2. The lowest BCUT2D eigenvalue weighted by Crippen LogP contribution is -2.58. The van der Waals surface area contributed by atoms with E-state index in [0.717, 1.165) is 17.0 Å². The minimum Gasteiger partial charge on any atom is -0.367 e. The second kappa shape index (κ2) is 5.66. The minimum absolute atomic E-state index is 0.0606. The first-order chi connectivity index (χ1) is 10.9. The number of rotatable bonds is 3. The van der Waals surface area contributed by atoms with Crippen LogP contribution in [0.4, 0.5) is 0 Å². The largest absolute Gasteiger partial charge is 0.367 e. The third kappa shape index (κ3) is 2.79. The van der Waals surface area contributed by atoms with Gasteiger partial charge < -0.3 is 19.8 Å². The van der Waals surface area contributed by atoms with Crippen molar-refractivity contribution in [2.24, 2.45) is 5.73 Å². The molecular formula is C16H20N4O3. The van der Waals surface area contributed by atoms with Crippen molar-refractivity contribution in [2.45, 2.75) is 25.9 Å². The summed E-state index contributed by atoms with van der Waals surface area (Å²) >= 11 is 0. The molecule has 3 heterocycles. The average Bonchev–Trinajstić information content (AvgIpc) is 2.83. The minimum atomic E-state index is -1.12. The van der Waals surface area contributed by atoms with Gasteiger partial charge in [-0.15, -0.1) is 0 Å². The van der Waals surface area contributed by atoms with Crippen molar-refractivity contribution in [1.82, 2.24) is 14.3 Å². The van der Waals surface area contributed by atoms with Crippen molar-refractivity contribution in [3.05, 3.63) is 35.8 Å². The molecular weight excluding hydrogens is 296 g/mol. The molecule has 1 atom stereocenters. The summed E-state index contributed by atoms with van der Waals surface area (Å²) in [6.07, 6.45) is 2.12. The van der Waals surface area contributed by atoms with E-state index in [1.54, 1.807) is 11.8 Å². The fraction of sp³-hybridized carbons (Fsp3) is 0.438. The van der Waals surface area contributed by atoms with Gasteiger partial charge in [-0.05, 0) is 26.0 Å². The van der Waals surface area contributed by atoms with Crippen molar-refractivity contribution in [2.75, 3.05) is 19.7 Å². The zero-order valence-corrected chi connectivity index (χ0v) is 13.3. The molecule has 1 aliphatic rings. The third-order valence-electron chi connectivity index (χ3n) is 4.30. The number of pyridine rings is 1. The van der Waals surface area contributed by atoms with Gasteiger partial charge in [0.25, 0.3) is 5.91 Å². The number of hydrogen-bond donors (Lipinski definition) is 1. The molecule has 2 aromatic heterocycles. The van der Waals surface area contributed by atoms with Crippen LogP contribution in [-0.4, -0.2) is 51.4 Å². The molecule has 2 aromatic rings. The van der Waals surface area contributed by atoms with E-state index < -0.39 is 11.5 Å². The van der Waals surface area contributed by atoms with Gasteiger partial charge in [-0.3, -0.25) is 9.59 Å². The molecule has 0 aliphatic carbocycles. The highest BCUT2D eigenvalue weighted by molar-refractivity contribution is 5.85. The maximum atomic E-state index is 12.6. The Morgan fingerprint density at radius 3 is 2.96 bits per heavy atom. The maximum Gasteiger partial charge on any atom is 0.251 e. The standard InChI is InChI=1S/C16H20N4O3/c1-11-12(20-6-4-3-5-13(20)18-11)9-14(21)19-7-8-23-16(2,10-19)15(17)22/h3-6H,7-10H2,1-2H3,(H2,17,22)/t16-/m1/s1. The Bertz CT molecular complexity index is 770. The molecule has 0 saturated carbocycles. The van der Waals surface area contributed by atoms with Gasteiger partial charge in [0.1, 0.15) is 5.65 Å². The van der Waals surface area contributed by atoms with Crippen LogP contribution >= 0.6 is 0 Å². The lowest BCUT2D eigenvalue weighted by Gasteiger charge is -2.38. The van der Waals surface area contributed by atoms with Crippen LogP contribution in [0.3, 0.4) is 0 Å². The number of fused-ring (bicyclic) bond motifs is 1. The number of nitrogens with two attached hydrogens (primary N) is 1. The van der Waals surface area contributed by atoms with Gasteiger partial charge in [0.05, 0.1) is 31.0 Å².